The molecular formula is C20H23NO3S. The Morgan fingerprint density at radius 3 is 2.28 bits per heavy atom. The van der Waals surface area contributed by atoms with E-state index in [-0.39, 0.29) is 24.2 Å². The molecule has 2 aromatic rings. The van der Waals surface area contributed by atoms with E-state index >= 15 is 0 Å². The number of anilines is 1. The van der Waals surface area contributed by atoms with E-state index in [9.17, 15) is 9.59 Å². The molecule has 0 bridgehead atoms. The molecule has 0 atom stereocenters. The number of carbonyl (C=O) groups excluding carboxylic acids is 2. The molecule has 2 aromatic carbocycles. The van der Waals surface area contributed by atoms with Crippen LogP contribution in [-0.4, -0.2) is 24.2 Å². The normalized spacial score (nSPS) is 10.3. The SMILES string of the molecule is CCc1ccc(NC(=O)COC(=O)CSCc2ccc(C)cc2)cc1. The van der Waals surface area contributed by atoms with E-state index in [2.05, 4.69) is 12.2 Å². The van der Waals surface area contributed by atoms with Gasteiger partial charge in [-0.3, -0.25) is 9.59 Å². The first-order chi connectivity index (χ1) is 12.1. The highest BCUT2D eigenvalue weighted by molar-refractivity contribution is 7.99. The summed E-state index contributed by atoms with van der Waals surface area (Å²) in [4.78, 5) is 23.5. The summed E-state index contributed by atoms with van der Waals surface area (Å²) < 4.78 is 5.01. The van der Waals surface area contributed by atoms with Gasteiger partial charge in [-0.1, -0.05) is 48.9 Å². The molecule has 0 saturated heterocycles. The van der Waals surface area contributed by atoms with Crippen molar-refractivity contribution in [3.8, 4) is 0 Å². The number of hydrogen-bond acceptors (Lipinski definition) is 4. The zero-order chi connectivity index (χ0) is 18.1. The minimum absolute atomic E-state index is 0.229. The Morgan fingerprint density at radius 1 is 1.00 bits per heavy atom. The summed E-state index contributed by atoms with van der Waals surface area (Å²) in [5.74, 6) is 0.257. The van der Waals surface area contributed by atoms with Crippen LogP contribution in [-0.2, 0) is 26.5 Å². The van der Waals surface area contributed by atoms with Gasteiger partial charge in [0.1, 0.15) is 0 Å². The number of aryl methyl sites for hydroxylation is 2. The highest BCUT2D eigenvalue weighted by Gasteiger charge is 2.08. The van der Waals surface area contributed by atoms with Crippen LogP contribution >= 0.6 is 11.8 Å². The number of carbonyl (C=O) groups is 2. The van der Waals surface area contributed by atoms with Crippen molar-refractivity contribution in [1.82, 2.24) is 0 Å². The Kier molecular flexibility index (Phi) is 7.54. The molecule has 132 valence electrons. The number of thioether (sulfide) groups is 1. The monoisotopic (exact) mass is 357 g/mol. The lowest BCUT2D eigenvalue weighted by atomic mass is 10.1. The molecule has 0 aliphatic carbocycles. The average Bonchev–Trinajstić information content (AvgIpc) is 2.62. The topological polar surface area (TPSA) is 55.4 Å². The second kappa shape index (κ2) is 9.89. The number of nitrogens with one attached hydrogen (secondary N) is 1. The highest BCUT2D eigenvalue weighted by Crippen LogP contribution is 2.13. The predicted octanol–water partition coefficient (Wildman–Crippen LogP) is 3.97. The first-order valence-corrected chi connectivity index (χ1v) is 9.40. The third kappa shape index (κ3) is 7.01. The number of rotatable bonds is 8. The number of benzene rings is 2. The van der Waals surface area contributed by atoms with Crippen molar-refractivity contribution in [2.24, 2.45) is 0 Å². The minimum atomic E-state index is -0.381. The van der Waals surface area contributed by atoms with Crippen molar-refractivity contribution < 1.29 is 14.3 Å². The number of ether oxygens (including phenoxy) is 1. The van der Waals surface area contributed by atoms with E-state index in [1.807, 2.05) is 55.5 Å². The van der Waals surface area contributed by atoms with Crippen LogP contribution in [0.3, 0.4) is 0 Å². The first-order valence-electron chi connectivity index (χ1n) is 8.24. The number of amides is 1. The summed E-state index contributed by atoms with van der Waals surface area (Å²) in [5.41, 5.74) is 4.28. The average molecular weight is 357 g/mol. The zero-order valence-electron chi connectivity index (χ0n) is 14.6. The molecule has 0 aliphatic heterocycles. The summed E-state index contributed by atoms with van der Waals surface area (Å²) in [5, 5.41) is 2.71. The van der Waals surface area contributed by atoms with E-state index in [0.29, 0.717) is 5.69 Å². The van der Waals surface area contributed by atoms with Gasteiger partial charge in [0.25, 0.3) is 5.91 Å². The lowest BCUT2D eigenvalue weighted by molar-refractivity contribution is -0.144. The molecule has 0 radical (unpaired) electrons. The third-order valence-electron chi connectivity index (χ3n) is 3.62. The van der Waals surface area contributed by atoms with Crippen LogP contribution in [0, 0.1) is 6.92 Å². The van der Waals surface area contributed by atoms with Crippen molar-refractivity contribution in [3.05, 3.63) is 65.2 Å². The Labute approximate surface area is 153 Å². The molecule has 1 N–H and O–H groups in total. The fourth-order valence-corrected chi connectivity index (χ4v) is 2.93. The molecule has 0 fully saturated rings. The van der Waals surface area contributed by atoms with Crippen LogP contribution in [0.5, 0.6) is 0 Å². The molecule has 0 unspecified atom stereocenters. The lowest BCUT2D eigenvalue weighted by Gasteiger charge is -2.07. The molecule has 0 aliphatic rings. The van der Waals surface area contributed by atoms with Crippen molar-refractivity contribution in [2.45, 2.75) is 26.0 Å². The molecule has 0 spiro atoms. The fraction of sp³-hybridized carbons (Fsp3) is 0.300. The van der Waals surface area contributed by atoms with Gasteiger partial charge in [-0.15, -0.1) is 11.8 Å². The smallest absolute Gasteiger partial charge is 0.316 e. The van der Waals surface area contributed by atoms with E-state index < -0.39 is 0 Å². The van der Waals surface area contributed by atoms with Crippen LogP contribution < -0.4 is 5.32 Å². The van der Waals surface area contributed by atoms with E-state index in [1.54, 1.807) is 0 Å². The quantitative estimate of drug-likeness (QED) is 0.726. The maximum atomic E-state index is 11.8. The van der Waals surface area contributed by atoms with Crippen LogP contribution in [0.25, 0.3) is 0 Å². The third-order valence-corrected chi connectivity index (χ3v) is 4.60. The minimum Gasteiger partial charge on any atom is -0.455 e. The summed E-state index contributed by atoms with van der Waals surface area (Å²) in [6, 6.07) is 15.8. The van der Waals surface area contributed by atoms with Gasteiger partial charge >= 0.3 is 5.97 Å². The Balaban J connectivity index is 1.64. The second-order valence-corrected chi connectivity index (χ2v) is 6.72. The molecule has 1 amide bonds. The molecule has 0 aromatic heterocycles. The van der Waals surface area contributed by atoms with Gasteiger partial charge in [-0.2, -0.15) is 0 Å². The van der Waals surface area contributed by atoms with Crippen LogP contribution in [0.2, 0.25) is 0 Å². The Morgan fingerprint density at radius 2 is 1.64 bits per heavy atom. The lowest BCUT2D eigenvalue weighted by Crippen LogP contribution is -2.21. The Bertz CT molecular complexity index is 696. The summed E-state index contributed by atoms with van der Waals surface area (Å²) in [6.07, 6.45) is 0.950. The highest BCUT2D eigenvalue weighted by atomic mass is 32.2. The molecule has 25 heavy (non-hydrogen) atoms. The van der Waals surface area contributed by atoms with Gasteiger partial charge in [0.2, 0.25) is 0 Å². The van der Waals surface area contributed by atoms with Crippen LogP contribution in [0.1, 0.15) is 23.6 Å². The fourth-order valence-electron chi connectivity index (χ4n) is 2.15. The van der Waals surface area contributed by atoms with E-state index in [1.165, 1.54) is 22.9 Å². The van der Waals surface area contributed by atoms with Crippen molar-refractivity contribution in [2.75, 3.05) is 17.7 Å². The van der Waals surface area contributed by atoms with Crippen LogP contribution in [0.4, 0.5) is 5.69 Å². The maximum Gasteiger partial charge on any atom is 0.316 e. The van der Waals surface area contributed by atoms with Gasteiger partial charge in [-0.25, -0.2) is 0 Å². The zero-order valence-corrected chi connectivity index (χ0v) is 15.4. The first kappa shape index (κ1) is 19.1. The molecule has 4 nitrogen and oxygen atoms in total. The largest absolute Gasteiger partial charge is 0.455 e. The van der Waals surface area contributed by atoms with E-state index in [4.69, 9.17) is 4.74 Å². The van der Waals surface area contributed by atoms with Gasteiger partial charge in [0.15, 0.2) is 6.61 Å². The van der Waals surface area contributed by atoms with Crippen molar-refractivity contribution in [3.63, 3.8) is 0 Å². The molecular weight excluding hydrogens is 334 g/mol. The van der Waals surface area contributed by atoms with Crippen LogP contribution in [0.15, 0.2) is 48.5 Å². The van der Waals surface area contributed by atoms with Crippen molar-refractivity contribution in [1.29, 1.82) is 0 Å². The number of esters is 1. The summed E-state index contributed by atoms with van der Waals surface area (Å²) in [6.45, 7) is 3.85. The molecule has 2 rings (SSSR count). The predicted molar refractivity (Wildman–Crippen MR) is 103 cm³/mol. The Hall–Kier alpha value is -2.27. The second-order valence-electron chi connectivity index (χ2n) is 5.74. The molecule has 5 heteroatoms. The summed E-state index contributed by atoms with van der Waals surface area (Å²) >= 11 is 1.47. The molecule has 0 saturated carbocycles. The van der Waals surface area contributed by atoms with Gasteiger partial charge in [0.05, 0.1) is 5.75 Å². The molecule has 0 heterocycles. The van der Waals surface area contributed by atoms with Gasteiger partial charge in [0, 0.05) is 11.4 Å². The van der Waals surface area contributed by atoms with Crippen molar-refractivity contribution >= 4 is 29.3 Å². The number of hydrogen-bond donors (Lipinski definition) is 1. The van der Waals surface area contributed by atoms with Gasteiger partial charge < -0.3 is 10.1 Å². The summed E-state index contributed by atoms with van der Waals surface area (Å²) in [7, 11) is 0. The standard InChI is InChI=1S/C20H23NO3S/c1-3-16-8-10-18(11-9-16)21-19(22)12-24-20(23)14-25-13-17-6-4-15(2)5-7-17/h4-11H,3,12-14H2,1-2H3,(H,21,22). The van der Waals surface area contributed by atoms with Gasteiger partial charge in [-0.05, 0) is 36.6 Å². The maximum absolute atomic E-state index is 11.8. The van der Waals surface area contributed by atoms with E-state index in [0.717, 1.165) is 17.7 Å².